The lowest BCUT2D eigenvalue weighted by molar-refractivity contribution is 0.669. The molecule has 0 unspecified atom stereocenters. The molecule has 0 fully saturated rings. The molecular formula is C53H35NOS. The lowest BCUT2D eigenvalue weighted by Gasteiger charge is -2.27. The molecule has 2 aromatic heterocycles. The summed E-state index contributed by atoms with van der Waals surface area (Å²) in [5.74, 6) is 0. The molecule has 3 heteroatoms. The van der Waals surface area contributed by atoms with Gasteiger partial charge < -0.3 is 9.32 Å². The average Bonchev–Trinajstić information content (AvgIpc) is 3.84. The van der Waals surface area contributed by atoms with Gasteiger partial charge in [0.2, 0.25) is 0 Å². The first-order valence-corrected chi connectivity index (χ1v) is 19.9. The number of hydrogen-bond acceptors (Lipinski definition) is 3. The molecule has 0 spiro atoms. The molecule has 0 radical (unpaired) electrons. The zero-order valence-electron chi connectivity index (χ0n) is 30.5. The van der Waals surface area contributed by atoms with Gasteiger partial charge in [-0.3, -0.25) is 0 Å². The molecular weight excluding hydrogens is 699 g/mol. The Morgan fingerprint density at radius 2 is 1.07 bits per heavy atom. The molecule has 0 atom stereocenters. The SMILES string of the molecule is c1cc(-c2cccc3c2sc2ccccc23)cc(N(Cc2ccccc2-c2ccc3oc4ccccc4c3c2)c2ccc(-c3ccc4ccccc4c3)cc2)c1. The summed E-state index contributed by atoms with van der Waals surface area (Å²) < 4.78 is 8.84. The van der Waals surface area contributed by atoms with Crippen molar-refractivity contribution in [3.63, 3.8) is 0 Å². The molecule has 0 amide bonds. The fourth-order valence-corrected chi connectivity index (χ4v) is 9.59. The van der Waals surface area contributed by atoms with Crippen molar-refractivity contribution in [2.75, 3.05) is 4.90 Å². The van der Waals surface area contributed by atoms with Crippen LogP contribution in [0, 0.1) is 0 Å². The number of para-hydroxylation sites is 1. The molecule has 0 saturated heterocycles. The van der Waals surface area contributed by atoms with Crippen LogP contribution in [0.5, 0.6) is 0 Å². The van der Waals surface area contributed by atoms with Crippen molar-refractivity contribution in [1.82, 2.24) is 0 Å². The van der Waals surface area contributed by atoms with Crippen LogP contribution in [0.4, 0.5) is 11.4 Å². The molecule has 0 aliphatic rings. The number of anilines is 2. The third kappa shape index (κ3) is 5.64. The van der Waals surface area contributed by atoms with Crippen molar-refractivity contribution in [1.29, 1.82) is 0 Å². The minimum atomic E-state index is 0.687. The van der Waals surface area contributed by atoms with Gasteiger partial charge >= 0.3 is 0 Å². The Hall–Kier alpha value is -6.94. The second-order valence-electron chi connectivity index (χ2n) is 14.5. The van der Waals surface area contributed by atoms with Crippen LogP contribution in [0.15, 0.2) is 205 Å². The molecule has 0 aliphatic carbocycles. The number of furan rings is 1. The van der Waals surface area contributed by atoms with E-state index in [1.165, 1.54) is 69.9 Å². The summed E-state index contributed by atoms with van der Waals surface area (Å²) in [6, 6.07) is 72.6. The zero-order chi connectivity index (χ0) is 37.0. The Balaban J connectivity index is 1.03. The van der Waals surface area contributed by atoms with Gasteiger partial charge in [-0.05, 0) is 104 Å². The maximum absolute atomic E-state index is 6.20. The van der Waals surface area contributed by atoms with Crippen LogP contribution in [0.3, 0.4) is 0 Å². The van der Waals surface area contributed by atoms with E-state index >= 15 is 0 Å². The van der Waals surface area contributed by atoms with Crippen molar-refractivity contribution in [3.05, 3.63) is 206 Å². The van der Waals surface area contributed by atoms with E-state index in [0.29, 0.717) is 6.54 Å². The van der Waals surface area contributed by atoms with Gasteiger partial charge in [0.1, 0.15) is 11.2 Å². The van der Waals surface area contributed by atoms with E-state index < -0.39 is 0 Å². The van der Waals surface area contributed by atoms with Gasteiger partial charge in [-0.2, -0.15) is 0 Å². The summed E-state index contributed by atoms with van der Waals surface area (Å²) in [7, 11) is 0. The van der Waals surface area contributed by atoms with E-state index in [1.54, 1.807) is 0 Å². The number of nitrogens with zero attached hydrogens (tertiary/aromatic N) is 1. The van der Waals surface area contributed by atoms with Crippen molar-refractivity contribution >= 4 is 75.6 Å². The summed E-state index contributed by atoms with van der Waals surface area (Å²) in [5.41, 5.74) is 12.6. The molecule has 11 aromatic rings. The van der Waals surface area contributed by atoms with Crippen molar-refractivity contribution in [2.24, 2.45) is 0 Å². The summed E-state index contributed by atoms with van der Waals surface area (Å²) >= 11 is 1.88. The van der Waals surface area contributed by atoms with Crippen LogP contribution < -0.4 is 4.90 Å². The first-order valence-electron chi connectivity index (χ1n) is 19.1. The highest BCUT2D eigenvalue weighted by molar-refractivity contribution is 7.26. The third-order valence-corrected chi connectivity index (χ3v) is 12.4. The quantitative estimate of drug-likeness (QED) is 0.162. The molecule has 9 aromatic carbocycles. The van der Waals surface area contributed by atoms with Gasteiger partial charge in [-0.25, -0.2) is 0 Å². The lowest BCUT2D eigenvalue weighted by atomic mass is 9.97. The Morgan fingerprint density at radius 3 is 2.00 bits per heavy atom. The second-order valence-corrected chi connectivity index (χ2v) is 15.5. The lowest BCUT2D eigenvalue weighted by Crippen LogP contribution is -2.17. The fraction of sp³-hybridized carbons (Fsp3) is 0.0189. The zero-order valence-corrected chi connectivity index (χ0v) is 31.3. The van der Waals surface area contributed by atoms with Crippen LogP contribution in [-0.2, 0) is 6.54 Å². The Labute approximate surface area is 329 Å². The van der Waals surface area contributed by atoms with Crippen LogP contribution >= 0.6 is 11.3 Å². The monoisotopic (exact) mass is 733 g/mol. The third-order valence-electron chi connectivity index (χ3n) is 11.2. The Morgan fingerprint density at radius 1 is 0.393 bits per heavy atom. The predicted octanol–water partition coefficient (Wildman–Crippen LogP) is 15.4. The summed E-state index contributed by atoms with van der Waals surface area (Å²) in [6.07, 6.45) is 0. The van der Waals surface area contributed by atoms with E-state index in [9.17, 15) is 0 Å². The molecule has 2 nitrogen and oxygen atoms in total. The molecule has 0 saturated carbocycles. The van der Waals surface area contributed by atoms with Crippen LogP contribution in [0.1, 0.15) is 5.56 Å². The summed E-state index contributed by atoms with van der Waals surface area (Å²) in [5, 5.41) is 7.41. The largest absolute Gasteiger partial charge is 0.456 e. The van der Waals surface area contributed by atoms with Crippen molar-refractivity contribution < 1.29 is 4.42 Å². The number of benzene rings is 9. The maximum atomic E-state index is 6.20. The minimum Gasteiger partial charge on any atom is -0.456 e. The molecule has 264 valence electrons. The fourth-order valence-electron chi connectivity index (χ4n) is 8.35. The first-order chi connectivity index (χ1) is 27.7. The average molecular weight is 734 g/mol. The highest BCUT2D eigenvalue weighted by Gasteiger charge is 2.18. The van der Waals surface area contributed by atoms with E-state index in [0.717, 1.165) is 33.3 Å². The summed E-state index contributed by atoms with van der Waals surface area (Å²) in [4.78, 5) is 2.46. The van der Waals surface area contributed by atoms with Gasteiger partial charge in [-0.15, -0.1) is 11.3 Å². The van der Waals surface area contributed by atoms with Gasteiger partial charge in [0.05, 0.1) is 0 Å². The molecule has 0 N–H and O–H groups in total. The highest BCUT2D eigenvalue weighted by Crippen LogP contribution is 2.42. The van der Waals surface area contributed by atoms with Crippen LogP contribution in [-0.4, -0.2) is 0 Å². The first kappa shape index (κ1) is 32.5. The molecule has 2 heterocycles. The normalized spacial score (nSPS) is 11.6. The predicted molar refractivity (Wildman–Crippen MR) is 239 cm³/mol. The van der Waals surface area contributed by atoms with Crippen molar-refractivity contribution in [3.8, 4) is 33.4 Å². The molecule has 0 bridgehead atoms. The van der Waals surface area contributed by atoms with Crippen LogP contribution in [0.2, 0.25) is 0 Å². The summed E-state index contributed by atoms with van der Waals surface area (Å²) in [6.45, 7) is 0.687. The standard InChI is InChI=1S/C53H35NOS/c1-2-12-37-31-38(24-23-35(37)11-1)36-25-28-42(29-26-36)54(43-15-9-14-39(32-43)45-19-10-20-48-47-18-6-8-22-52(47)56-53(45)48)34-41-13-3-4-16-44(41)40-27-30-51-49(33-40)46-17-5-7-21-50(46)55-51/h1-33H,34H2. The van der Waals surface area contributed by atoms with Crippen LogP contribution in [0.25, 0.3) is 86.3 Å². The van der Waals surface area contributed by atoms with E-state index in [1.807, 2.05) is 23.5 Å². The molecule has 0 aliphatic heterocycles. The number of hydrogen-bond donors (Lipinski definition) is 0. The second kappa shape index (κ2) is 13.4. The molecule has 11 rings (SSSR count). The van der Waals surface area contributed by atoms with Gasteiger partial charge in [-0.1, -0.05) is 146 Å². The minimum absolute atomic E-state index is 0.687. The van der Waals surface area contributed by atoms with Gasteiger partial charge in [0, 0.05) is 48.9 Å². The van der Waals surface area contributed by atoms with E-state index in [4.69, 9.17) is 4.42 Å². The van der Waals surface area contributed by atoms with E-state index in [-0.39, 0.29) is 0 Å². The number of thiophene rings is 1. The topological polar surface area (TPSA) is 16.4 Å². The number of fused-ring (bicyclic) bond motifs is 7. The van der Waals surface area contributed by atoms with E-state index in [2.05, 4.69) is 193 Å². The smallest absolute Gasteiger partial charge is 0.135 e. The van der Waals surface area contributed by atoms with Gasteiger partial charge in [0.25, 0.3) is 0 Å². The van der Waals surface area contributed by atoms with Crippen molar-refractivity contribution in [2.45, 2.75) is 6.54 Å². The molecule has 56 heavy (non-hydrogen) atoms. The maximum Gasteiger partial charge on any atom is 0.135 e. The Kier molecular flexibility index (Phi) is 7.78. The number of rotatable bonds is 7. The van der Waals surface area contributed by atoms with Gasteiger partial charge in [0.15, 0.2) is 0 Å². The Bertz CT molecular complexity index is 3240. The highest BCUT2D eigenvalue weighted by atomic mass is 32.1.